The van der Waals surface area contributed by atoms with Crippen LogP contribution < -0.4 is 10.0 Å². The van der Waals surface area contributed by atoms with Crippen LogP contribution in [0.25, 0.3) is 0 Å². The molecule has 3 aromatic rings. The summed E-state index contributed by atoms with van der Waals surface area (Å²) in [7, 11) is -2.22. The molecule has 0 unspecified atom stereocenters. The smallest absolute Gasteiger partial charge is 0.266 e. The van der Waals surface area contributed by atoms with Crippen LogP contribution in [0.5, 0.6) is 0 Å². The fourth-order valence-electron chi connectivity index (χ4n) is 3.45. The Morgan fingerprint density at radius 2 is 1.93 bits per heavy atom. The Morgan fingerprint density at radius 1 is 1.17 bits per heavy atom. The Bertz CT molecular complexity index is 1250. The second kappa shape index (κ2) is 7.52. The van der Waals surface area contributed by atoms with E-state index in [1.807, 2.05) is 0 Å². The molecule has 7 nitrogen and oxygen atoms in total. The van der Waals surface area contributed by atoms with Crippen molar-refractivity contribution in [1.29, 1.82) is 0 Å². The number of aromatic nitrogens is 2. The van der Waals surface area contributed by atoms with Crippen molar-refractivity contribution in [3.63, 3.8) is 0 Å². The molecule has 1 aliphatic heterocycles. The monoisotopic (exact) mass is 431 g/mol. The summed E-state index contributed by atoms with van der Waals surface area (Å²) in [5.41, 5.74) is 1.14. The number of fused-ring (bicyclic) bond motifs is 1. The third kappa shape index (κ3) is 3.65. The normalized spacial score (nSPS) is 17.1. The van der Waals surface area contributed by atoms with E-state index in [-0.39, 0.29) is 34.2 Å². The Morgan fingerprint density at radius 3 is 2.63 bits per heavy atom. The Balaban J connectivity index is 1.78. The van der Waals surface area contributed by atoms with Gasteiger partial charge in [-0.2, -0.15) is 5.10 Å². The molecule has 0 spiro atoms. The van der Waals surface area contributed by atoms with Gasteiger partial charge in [0, 0.05) is 30.3 Å². The summed E-state index contributed by atoms with van der Waals surface area (Å²) >= 11 is 0. The highest BCUT2D eigenvalue weighted by Gasteiger charge is 2.32. The number of rotatable bonds is 4. The zero-order valence-electron chi connectivity index (χ0n) is 16.2. The summed E-state index contributed by atoms with van der Waals surface area (Å²) in [5, 5.41) is 6.92. The van der Waals surface area contributed by atoms with Gasteiger partial charge in [-0.3, -0.25) is 4.68 Å². The van der Waals surface area contributed by atoms with Gasteiger partial charge in [-0.15, -0.1) is 0 Å². The quantitative estimate of drug-likeness (QED) is 0.665. The van der Waals surface area contributed by atoms with E-state index >= 15 is 0 Å². The van der Waals surface area contributed by atoms with E-state index in [0.717, 1.165) is 11.6 Å². The van der Waals surface area contributed by atoms with E-state index < -0.39 is 27.6 Å². The van der Waals surface area contributed by atoms with E-state index in [0.29, 0.717) is 0 Å². The number of halogens is 2. The first kappa shape index (κ1) is 20.0. The maximum absolute atomic E-state index is 14.8. The SMILES string of the molecule is C[C@H](c1ccccc1F)c1c(F)ccc2c1NC(=NCc1cnn(C)c1)NS2(=O)=O. The maximum atomic E-state index is 14.8. The molecule has 1 aromatic heterocycles. The first-order valence-corrected chi connectivity index (χ1v) is 10.6. The molecule has 156 valence electrons. The average molecular weight is 431 g/mol. The summed E-state index contributed by atoms with van der Waals surface area (Å²) in [5.74, 6) is -1.91. The second-order valence-corrected chi connectivity index (χ2v) is 8.65. The zero-order valence-corrected chi connectivity index (χ0v) is 17.0. The minimum Gasteiger partial charge on any atom is -0.324 e. The average Bonchev–Trinajstić information content (AvgIpc) is 3.11. The van der Waals surface area contributed by atoms with E-state index in [2.05, 4.69) is 20.1 Å². The molecule has 0 fully saturated rings. The van der Waals surface area contributed by atoms with Crippen LogP contribution in [0.4, 0.5) is 14.5 Å². The topological polar surface area (TPSA) is 88.4 Å². The van der Waals surface area contributed by atoms with Gasteiger partial charge >= 0.3 is 0 Å². The van der Waals surface area contributed by atoms with Crippen LogP contribution in [0.3, 0.4) is 0 Å². The third-order valence-corrected chi connectivity index (χ3v) is 6.28. The van der Waals surface area contributed by atoms with Crippen molar-refractivity contribution >= 4 is 21.7 Å². The summed E-state index contributed by atoms with van der Waals surface area (Å²) < 4.78 is 58.6. The van der Waals surface area contributed by atoms with Gasteiger partial charge in [0.05, 0.1) is 18.4 Å². The van der Waals surface area contributed by atoms with Crippen molar-refractivity contribution < 1.29 is 17.2 Å². The molecule has 2 heterocycles. The lowest BCUT2D eigenvalue weighted by Gasteiger charge is -2.26. The molecule has 0 radical (unpaired) electrons. The van der Waals surface area contributed by atoms with E-state index in [1.54, 1.807) is 43.2 Å². The molecule has 4 rings (SSSR count). The summed E-state index contributed by atoms with van der Waals surface area (Å²) in [6.07, 6.45) is 3.36. The minimum atomic E-state index is -3.98. The molecule has 2 aromatic carbocycles. The summed E-state index contributed by atoms with van der Waals surface area (Å²) in [4.78, 5) is 4.12. The third-order valence-electron chi connectivity index (χ3n) is 4.90. The van der Waals surface area contributed by atoms with Gasteiger partial charge in [0.25, 0.3) is 10.0 Å². The fourth-order valence-corrected chi connectivity index (χ4v) is 4.61. The van der Waals surface area contributed by atoms with Gasteiger partial charge in [0.2, 0.25) is 5.96 Å². The van der Waals surface area contributed by atoms with Crippen molar-refractivity contribution in [3.8, 4) is 0 Å². The number of sulfonamides is 1. The number of nitrogens with zero attached hydrogens (tertiary/aromatic N) is 3. The molecule has 0 bridgehead atoms. The molecule has 1 aliphatic rings. The first-order chi connectivity index (χ1) is 14.3. The van der Waals surface area contributed by atoms with Gasteiger partial charge in [-0.1, -0.05) is 25.1 Å². The van der Waals surface area contributed by atoms with Crippen molar-refractivity contribution in [2.75, 3.05) is 5.32 Å². The second-order valence-electron chi connectivity index (χ2n) is 6.99. The van der Waals surface area contributed by atoms with E-state index in [1.165, 1.54) is 18.2 Å². The zero-order chi connectivity index (χ0) is 21.5. The highest BCUT2D eigenvalue weighted by atomic mass is 32.2. The highest BCUT2D eigenvalue weighted by molar-refractivity contribution is 7.90. The van der Waals surface area contributed by atoms with Crippen LogP contribution in [0.1, 0.15) is 29.5 Å². The molecule has 0 saturated heterocycles. The number of guanidine groups is 1. The molecule has 30 heavy (non-hydrogen) atoms. The fraction of sp³-hybridized carbons (Fsp3) is 0.200. The van der Waals surface area contributed by atoms with Crippen LogP contribution in [0.2, 0.25) is 0 Å². The molecule has 0 amide bonds. The van der Waals surface area contributed by atoms with Crippen molar-refractivity contribution in [2.24, 2.45) is 12.0 Å². The number of hydrogen-bond acceptors (Lipinski definition) is 4. The molecule has 0 saturated carbocycles. The van der Waals surface area contributed by atoms with E-state index in [4.69, 9.17) is 0 Å². The van der Waals surface area contributed by atoms with Crippen LogP contribution >= 0.6 is 0 Å². The predicted molar refractivity (Wildman–Crippen MR) is 109 cm³/mol. The van der Waals surface area contributed by atoms with Gasteiger partial charge in [-0.05, 0) is 23.8 Å². The Hall–Kier alpha value is -3.27. The van der Waals surface area contributed by atoms with Gasteiger partial charge in [0.1, 0.15) is 16.5 Å². The summed E-state index contributed by atoms with van der Waals surface area (Å²) in [6.45, 7) is 1.79. The van der Waals surface area contributed by atoms with Crippen molar-refractivity contribution in [2.45, 2.75) is 24.3 Å². The lowest BCUT2D eigenvalue weighted by Crippen LogP contribution is -2.41. The lowest BCUT2D eigenvalue weighted by molar-refractivity contribution is 0.577. The highest BCUT2D eigenvalue weighted by Crippen LogP contribution is 2.38. The molecule has 2 N–H and O–H groups in total. The lowest BCUT2D eigenvalue weighted by atomic mass is 9.91. The minimum absolute atomic E-state index is 0.0427. The number of anilines is 1. The molecular formula is C20H19F2N5O2S. The number of nitrogens with one attached hydrogen (secondary N) is 2. The largest absolute Gasteiger partial charge is 0.324 e. The van der Waals surface area contributed by atoms with Crippen molar-refractivity contribution in [1.82, 2.24) is 14.5 Å². The Kier molecular flexibility index (Phi) is 5.02. The number of aryl methyl sites for hydroxylation is 1. The van der Waals surface area contributed by atoms with Gasteiger partial charge in [0.15, 0.2) is 0 Å². The number of aliphatic imine (C=N–C) groups is 1. The maximum Gasteiger partial charge on any atom is 0.266 e. The molecular weight excluding hydrogens is 412 g/mol. The molecule has 1 atom stereocenters. The summed E-state index contributed by atoms with van der Waals surface area (Å²) in [6, 6.07) is 8.27. The molecule has 0 aliphatic carbocycles. The van der Waals surface area contributed by atoms with Crippen LogP contribution in [0, 0.1) is 11.6 Å². The van der Waals surface area contributed by atoms with Crippen molar-refractivity contribution in [3.05, 3.63) is 77.1 Å². The van der Waals surface area contributed by atoms with Gasteiger partial charge in [-0.25, -0.2) is 26.9 Å². The van der Waals surface area contributed by atoms with E-state index in [9.17, 15) is 17.2 Å². The standard InChI is InChI=1S/C20H19F2N5O2S/c1-12(14-5-3-4-6-15(14)21)18-16(22)7-8-17-19(18)25-20(26-30(17,28)29)23-9-13-10-24-27(2)11-13/h3-8,10-12H,9H2,1-2H3,(H2,23,25,26)/t12-/m1/s1. The first-order valence-electron chi connectivity index (χ1n) is 9.15. The van der Waals surface area contributed by atoms with Crippen LogP contribution in [-0.2, 0) is 23.6 Å². The number of benzene rings is 2. The number of hydrogen-bond donors (Lipinski definition) is 2. The Labute approximate surface area is 172 Å². The predicted octanol–water partition coefficient (Wildman–Crippen LogP) is 3.11. The van der Waals surface area contributed by atoms with Gasteiger partial charge < -0.3 is 5.32 Å². The van der Waals surface area contributed by atoms with Crippen LogP contribution in [-0.4, -0.2) is 24.2 Å². The molecule has 10 heteroatoms. The van der Waals surface area contributed by atoms with Crippen LogP contribution in [0.15, 0.2) is 58.7 Å².